The monoisotopic (exact) mass is 265 g/mol. The highest BCUT2D eigenvalue weighted by Gasteiger charge is 2.42. The van der Waals surface area contributed by atoms with Gasteiger partial charge in [0.2, 0.25) is 11.8 Å². The molecule has 0 bridgehead atoms. The van der Waals surface area contributed by atoms with E-state index in [-0.39, 0.29) is 24.4 Å². The summed E-state index contributed by atoms with van der Waals surface area (Å²) in [5.74, 6) is 0.406. The second-order valence-electron chi connectivity index (χ2n) is 4.82. The van der Waals surface area contributed by atoms with E-state index in [1.807, 2.05) is 5.38 Å². The van der Waals surface area contributed by atoms with E-state index in [0.717, 1.165) is 24.3 Å². The fourth-order valence-corrected chi connectivity index (χ4v) is 2.88. The smallest absolute Gasteiger partial charge is 0.245 e. The average Bonchev–Trinajstić information content (AvgIpc) is 3.06. The van der Waals surface area contributed by atoms with Crippen LogP contribution in [-0.4, -0.2) is 40.8 Å². The number of aromatic nitrogens is 1. The fourth-order valence-electron chi connectivity index (χ4n) is 2.27. The molecular formula is C12H15N3O2S. The van der Waals surface area contributed by atoms with Crippen molar-refractivity contribution in [2.24, 2.45) is 5.92 Å². The van der Waals surface area contributed by atoms with E-state index < -0.39 is 0 Å². The van der Waals surface area contributed by atoms with Crippen molar-refractivity contribution in [2.45, 2.75) is 25.3 Å². The van der Waals surface area contributed by atoms with E-state index in [0.29, 0.717) is 12.5 Å². The van der Waals surface area contributed by atoms with Crippen LogP contribution in [0.1, 0.15) is 17.8 Å². The van der Waals surface area contributed by atoms with Crippen molar-refractivity contribution in [1.82, 2.24) is 15.2 Å². The number of carbonyl (C=O) groups excluding carboxylic acids is 2. The molecule has 1 saturated heterocycles. The predicted octanol–water partition coefficient (Wildman–Crippen LogP) is 0.423. The minimum absolute atomic E-state index is 0.0364. The molecular weight excluding hydrogens is 250 g/mol. The Labute approximate surface area is 109 Å². The lowest BCUT2D eigenvalue weighted by Gasteiger charge is -2.32. The van der Waals surface area contributed by atoms with Crippen LogP contribution >= 0.6 is 11.3 Å². The lowest BCUT2D eigenvalue weighted by Crippen LogP contribution is -2.59. The van der Waals surface area contributed by atoms with Gasteiger partial charge < -0.3 is 10.2 Å². The zero-order chi connectivity index (χ0) is 12.5. The van der Waals surface area contributed by atoms with Gasteiger partial charge in [-0.25, -0.2) is 4.98 Å². The van der Waals surface area contributed by atoms with E-state index in [4.69, 9.17) is 0 Å². The lowest BCUT2D eigenvalue weighted by molar-refractivity contribution is -0.144. The van der Waals surface area contributed by atoms with Crippen molar-refractivity contribution >= 4 is 23.2 Å². The average molecular weight is 265 g/mol. The summed E-state index contributed by atoms with van der Waals surface area (Å²) in [4.78, 5) is 29.7. The first-order valence-electron chi connectivity index (χ1n) is 6.20. The van der Waals surface area contributed by atoms with Crippen molar-refractivity contribution in [1.29, 1.82) is 0 Å². The number of hydrogen-bond donors (Lipinski definition) is 1. The van der Waals surface area contributed by atoms with Gasteiger partial charge in [-0.2, -0.15) is 0 Å². The van der Waals surface area contributed by atoms with E-state index in [9.17, 15) is 9.59 Å². The Bertz CT molecular complexity index is 456. The van der Waals surface area contributed by atoms with Crippen LogP contribution in [0.3, 0.4) is 0 Å². The molecule has 18 heavy (non-hydrogen) atoms. The third kappa shape index (κ3) is 2.38. The molecule has 2 amide bonds. The highest BCUT2D eigenvalue weighted by Crippen LogP contribution is 2.34. The number of carbonyl (C=O) groups is 2. The van der Waals surface area contributed by atoms with Crippen LogP contribution in [0, 0.1) is 5.92 Å². The van der Waals surface area contributed by atoms with Gasteiger partial charge in [-0.1, -0.05) is 0 Å². The third-order valence-electron chi connectivity index (χ3n) is 3.40. The number of piperazine rings is 1. The zero-order valence-electron chi connectivity index (χ0n) is 9.96. The van der Waals surface area contributed by atoms with E-state index in [1.165, 1.54) is 0 Å². The summed E-state index contributed by atoms with van der Waals surface area (Å²) in [6.07, 6.45) is 4.60. The Hall–Kier alpha value is -1.43. The van der Waals surface area contributed by atoms with Gasteiger partial charge in [0.05, 0.1) is 11.6 Å². The minimum Gasteiger partial charge on any atom is -0.342 e. The molecule has 0 radical (unpaired) electrons. The van der Waals surface area contributed by atoms with Crippen LogP contribution in [0.2, 0.25) is 0 Å². The van der Waals surface area contributed by atoms with Crippen LogP contribution in [-0.2, 0) is 16.0 Å². The maximum absolute atomic E-state index is 12.2. The summed E-state index contributed by atoms with van der Waals surface area (Å²) in [6, 6.07) is -0.275. The van der Waals surface area contributed by atoms with E-state index >= 15 is 0 Å². The standard InChI is InChI=1S/C12H15N3O2S/c16-9-7-15(5-3-10-13-4-6-18-10)12(17)11(14-9)8-1-2-8/h4,6,8,11H,1-3,5,7H2,(H,14,16). The van der Waals surface area contributed by atoms with Crippen molar-refractivity contribution in [3.05, 3.63) is 16.6 Å². The maximum Gasteiger partial charge on any atom is 0.245 e. The SMILES string of the molecule is O=C1CN(CCc2nccs2)C(=O)C(C2CC2)N1. The second-order valence-corrected chi connectivity index (χ2v) is 5.80. The molecule has 2 fully saturated rings. The van der Waals surface area contributed by atoms with Gasteiger partial charge >= 0.3 is 0 Å². The van der Waals surface area contributed by atoms with Crippen molar-refractivity contribution in [2.75, 3.05) is 13.1 Å². The van der Waals surface area contributed by atoms with Crippen LogP contribution in [0.4, 0.5) is 0 Å². The summed E-state index contributed by atoms with van der Waals surface area (Å²) < 4.78 is 0. The summed E-state index contributed by atoms with van der Waals surface area (Å²) >= 11 is 1.58. The molecule has 0 spiro atoms. The highest BCUT2D eigenvalue weighted by molar-refractivity contribution is 7.09. The summed E-state index contributed by atoms with van der Waals surface area (Å²) in [6.45, 7) is 0.774. The van der Waals surface area contributed by atoms with Crippen LogP contribution in [0.5, 0.6) is 0 Å². The Morgan fingerprint density at radius 3 is 2.94 bits per heavy atom. The molecule has 5 nitrogen and oxygen atoms in total. The molecule has 1 atom stereocenters. The number of amides is 2. The molecule has 1 aromatic heterocycles. The summed E-state index contributed by atoms with van der Waals surface area (Å²) in [5.41, 5.74) is 0. The van der Waals surface area contributed by atoms with Gasteiger partial charge in [0.1, 0.15) is 6.04 Å². The highest BCUT2D eigenvalue weighted by atomic mass is 32.1. The molecule has 96 valence electrons. The molecule has 3 rings (SSSR count). The van der Waals surface area contributed by atoms with Gasteiger partial charge in [0, 0.05) is 24.5 Å². The van der Waals surface area contributed by atoms with Crippen molar-refractivity contribution in [3.8, 4) is 0 Å². The molecule has 0 aromatic carbocycles. The molecule has 1 aromatic rings. The van der Waals surface area contributed by atoms with Gasteiger partial charge in [0.25, 0.3) is 0 Å². The zero-order valence-corrected chi connectivity index (χ0v) is 10.8. The number of thiazole rings is 1. The third-order valence-corrected chi connectivity index (χ3v) is 4.24. The Balaban J connectivity index is 1.62. The first-order valence-corrected chi connectivity index (χ1v) is 7.08. The van der Waals surface area contributed by atoms with Gasteiger partial charge in [0.15, 0.2) is 0 Å². The quantitative estimate of drug-likeness (QED) is 0.858. The molecule has 6 heteroatoms. The minimum atomic E-state index is -0.275. The van der Waals surface area contributed by atoms with Crippen molar-refractivity contribution in [3.63, 3.8) is 0 Å². The topological polar surface area (TPSA) is 62.3 Å². The molecule has 1 aliphatic carbocycles. The predicted molar refractivity (Wildman–Crippen MR) is 67.1 cm³/mol. The molecule has 1 unspecified atom stereocenters. The van der Waals surface area contributed by atoms with Crippen molar-refractivity contribution < 1.29 is 9.59 Å². The first-order chi connectivity index (χ1) is 8.74. The summed E-state index contributed by atoms with van der Waals surface area (Å²) in [7, 11) is 0. The molecule has 2 heterocycles. The largest absolute Gasteiger partial charge is 0.342 e. The first kappa shape index (κ1) is 11.6. The summed E-state index contributed by atoms with van der Waals surface area (Å²) in [5, 5.41) is 5.74. The van der Waals surface area contributed by atoms with Crippen LogP contribution in [0.15, 0.2) is 11.6 Å². The number of rotatable bonds is 4. The Morgan fingerprint density at radius 1 is 1.44 bits per heavy atom. The van der Waals surface area contributed by atoms with E-state index in [2.05, 4.69) is 10.3 Å². The van der Waals surface area contributed by atoms with Crippen LogP contribution in [0.25, 0.3) is 0 Å². The normalized spacial score (nSPS) is 24.2. The van der Waals surface area contributed by atoms with Crippen LogP contribution < -0.4 is 5.32 Å². The number of nitrogens with one attached hydrogen (secondary N) is 1. The maximum atomic E-state index is 12.2. The molecule has 1 N–H and O–H groups in total. The fraction of sp³-hybridized carbons (Fsp3) is 0.583. The Kier molecular flexibility index (Phi) is 3.03. The molecule has 1 saturated carbocycles. The van der Waals surface area contributed by atoms with Gasteiger partial charge in [-0.05, 0) is 18.8 Å². The second kappa shape index (κ2) is 4.68. The van der Waals surface area contributed by atoms with Gasteiger partial charge in [-0.15, -0.1) is 11.3 Å². The molecule has 1 aliphatic heterocycles. The number of nitrogens with zero attached hydrogens (tertiary/aromatic N) is 2. The molecule has 2 aliphatic rings. The number of hydrogen-bond acceptors (Lipinski definition) is 4. The van der Waals surface area contributed by atoms with E-state index in [1.54, 1.807) is 22.4 Å². The Morgan fingerprint density at radius 2 is 2.28 bits per heavy atom. The van der Waals surface area contributed by atoms with Gasteiger partial charge in [-0.3, -0.25) is 9.59 Å². The lowest BCUT2D eigenvalue weighted by atomic mass is 10.1.